The summed E-state index contributed by atoms with van der Waals surface area (Å²) in [5.74, 6) is 1.26. The lowest BCUT2D eigenvalue weighted by atomic mass is 10.0. The van der Waals surface area contributed by atoms with E-state index in [0.717, 1.165) is 64.5 Å². The molecule has 24 heavy (non-hydrogen) atoms. The number of piperazine rings is 1. The second kappa shape index (κ2) is 8.39. The van der Waals surface area contributed by atoms with Crippen LogP contribution in [0.5, 0.6) is 0 Å². The molecular weight excluding hydrogens is 304 g/mol. The van der Waals surface area contributed by atoms with Gasteiger partial charge in [-0.3, -0.25) is 4.79 Å². The molecule has 0 atom stereocenters. The summed E-state index contributed by atoms with van der Waals surface area (Å²) in [5, 5.41) is 11.4. The lowest BCUT2D eigenvalue weighted by molar-refractivity contribution is -0.132. The third-order valence-corrected chi connectivity index (χ3v) is 5.12. The van der Waals surface area contributed by atoms with E-state index in [1.807, 2.05) is 17.0 Å². The number of nitrogens with one attached hydrogen (secondary N) is 1. The van der Waals surface area contributed by atoms with E-state index in [4.69, 9.17) is 0 Å². The van der Waals surface area contributed by atoms with Gasteiger partial charge in [0.05, 0.1) is 0 Å². The van der Waals surface area contributed by atoms with Gasteiger partial charge in [-0.25, -0.2) is 0 Å². The number of carbonyl (C=O) groups excluding carboxylic acids is 1. The summed E-state index contributed by atoms with van der Waals surface area (Å²) in [4.78, 5) is 18.9. The minimum atomic E-state index is 0.292. The van der Waals surface area contributed by atoms with Gasteiger partial charge in [-0.15, -0.1) is 5.10 Å². The number of rotatable bonds is 5. The van der Waals surface area contributed by atoms with Crippen LogP contribution in [0.1, 0.15) is 19.3 Å². The average Bonchev–Trinajstić information content (AvgIpc) is 2.67. The fourth-order valence-corrected chi connectivity index (χ4v) is 3.52. The molecular formula is C17H28N6O. The van der Waals surface area contributed by atoms with Crippen molar-refractivity contribution in [2.24, 2.45) is 0 Å². The molecule has 2 aliphatic rings. The molecule has 132 valence electrons. The van der Waals surface area contributed by atoms with Crippen molar-refractivity contribution in [1.82, 2.24) is 25.3 Å². The van der Waals surface area contributed by atoms with Gasteiger partial charge < -0.3 is 20.0 Å². The number of hydrogen-bond acceptors (Lipinski definition) is 6. The predicted octanol–water partition coefficient (Wildman–Crippen LogP) is 0.199. The number of amides is 1. The number of piperidine rings is 1. The molecule has 2 aliphatic heterocycles. The summed E-state index contributed by atoms with van der Waals surface area (Å²) in [6, 6.07) is 4.50. The van der Waals surface area contributed by atoms with Crippen molar-refractivity contribution >= 4 is 11.7 Å². The maximum atomic E-state index is 12.3. The Balaban J connectivity index is 1.40. The van der Waals surface area contributed by atoms with Crippen molar-refractivity contribution in [2.75, 3.05) is 57.8 Å². The molecule has 0 unspecified atom stereocenters. The highest BCUT2D eigenvalue weighted by atomic mass is 16.2. The SMILES string of the molecule is CN(CCC(=O)N1CCNCC1)C1CCN(c2cccnn2)CC1. The largest absolute Gasteiger partial charge is 0.355 e. The molecule has 2 saturated heterocycles. The first-order valence-corrected chi connectivity index (χ1v) is 8.95. The van der Waals surface area contributed by atoms with Gasteiger partial charge in [0.1, 0.15) is 0 Å². The summed E-state index contributed by atoms with van der Waals surface area (Å²) in [6.45, 7) is 6.38. The van der Waals surface area contributed by atoms with E-state index in [9.17, 15) is 4.79 Å². The van der Waals surface area contributed by atoms with Gasteiger partial charge in [0.15, 0.2) is 5.82 Å². The van der Waals surface area contributed by atoms with Crippen LogP contribution in [0.4, 0.5) is 5.82 Å². The van der Waals surface area contributed by atoms with Crippen LogP contribution in [-0.2, 0) is 4.79 Å². The highest BCUT2D eigenvalue weighted by Gasteiger charge is 2.24. The third kappa shape index (κ3) is 4.42. The lowest BCUT2D eigenvalue weighted by Gasteiger charge is -2.37. The van der Waals surface area contributed by atoms with Gasteiger partial charge in [0, 0.05) is 64.5 Å². The summed E-state index contributed by atoms with van der Waals surface area (Å²) < 4.78 is 0. The van der Waals surface area contributed by atoms with E-state index >= 15 is 0 Å². The topological polar surface area (TPSA) is 64.6 Å². The molecule has 3 heterocycles. The standard InChI is InChI=1S/C17H28N6O/c1-21(10-6-17(24)23-13-8-18-9-14-23)15-4-11-22(12-5-15)16-3-2-7-19-20-16/h2-3,7,15,18H,4-6,8-14H2,1H3. The van der Waals surface area contributed by atoms with E-state index in [1.54, 1.807) is 6.20 Å². The Labute approximate surface area is 144 Å². The second-order valence-electron chi connectivity index (χ2n) is 6.66. The zero-order valence-electron chi connectivity index (χ0n) is 14.5. The number of hydrogen-bond donors (Lipinski definition) is 1. The Morgan fingerprint density at radius 2 is 2.04 bits per heavy atom. The molecule has 2 fully saturated rings. The molecule has 0 radical (unpaired) electrons. The Morgan fingerprint density at radius 1 is 1.29 bits per heavy atom. The van der Waals surface area contributed by atoms with E-state index < -0.39 is 0 Å². The van der Waals surface area contributed by atoms with Gasteiger partial charge in [-0.1, -0.05) is 0 Å². The minimum absolute atomic E-state index is 0.292. The molecule has 0 aromatic carbocycles. The monoisotopic (exact) mass is 332 g/mol. The van der Waals surface area contributed by atoms with Crippen LogP contribution >= 0.6 is 0 Å². The highest BCUT2D eigenvalue weighted by Crippen LogP contribution is 2.20. The summed E-state index contributed by atoms with van der Waals surface area (Å²) in [7, 11) is 2.15. The van der Waals surface area contributed by atoms with Crippen LogP contribution in [0.15, 0.2) is 18.3 Å². The maximum absolute atomic E-state index is 12.3. The summed E-state index contributed by atoms with van der Waals surface area (Å²) in [5.41, 5.74) is 0. The number of carbonyl (C=O) groups is 1. The van der Waals surface area contributed by atoms with Crippen LogP contribution < -0.4 is 10.2 Å². The third-order valence-electron chi connectivity index (χ3n) is 5.12. The van der Waals surface area contributed by atoms with E-state index in [0.29, 0.717) is 18.4 Å². The Bertz CT molecular complexity index is 511. The Morgan fingerprint density at radius 3 is 2.71 bits per heavy atom. The van der Waals surface area contributed by atoms with Crippen molar-refractivity contribution in [2.45, 2.75) is 25.3 Å². The Kier molecular flexibility index (Phi) is 5.98. The molecule has 3 rings (SSSR count). The van der Waals surface area contributed by atoms with E-state index in [-0.39, 0.29) is 0 Å². The zero-order valence-corrected chi connectivity index (χ0v) is 14.5. The predicted molar refractivity (Wildman–Crippen MR) is 94.0 cm³/mol. The van der Waals surface area contributed by atoms with Crippen molar-refractivity contribution in [3.8, 4) is 0 Å². The Hall–Kier alpha value is -1.73. The zero-order chi connectivity index (χ0) is 16.8. The first-order valence-electron chi connectivity index (χ1n) is 8.95. The molecule has 1 N–H and O–H groups in total. The van der Waals surface area contributed by atoms with Gasteiger partial charge in [0.2, 0.25) is 5.91 Å². The molecule has 1 aromatic rings. The second-order valence-corrected chi connectivity index (χ2v) is 6.66. The van der Waals surface area contributed by atoms with E-state index in [2.05, 4.69) is 32.4 Å². The van der Waals surface area contributed by atoms with Crippen molar-refractivity contribution in [1.29, 1.82) is 0 Å². The number of aromatic nitrogens is 2. The first-order chi connectivity index (χ1) is 11.7. The normalized spacial score (nSPS) is 19.8. The molecule has 1 aromatic heterocycles. The average molecular weight is 332 g/mol. The van der Waals surface area contributed by atoms with Crippen LogP contribution in [-0.4, -0.2) is 84.8 Å². The van der Waals surface area contributed by atoms with Crippen molar-refractivity contribution in [3.63, 3.8) is 0 Å². The summed E-state index contributed by atoms with van der Waals surface area (Å²) in [6.07, 6.45) is 4.55. The van der Waals surface area contributed by atoms with Gasteiger partial charge in [0.25, 0.3) is 0 Å². The fraction of sp³-hybridized carbons (Fsp3) is 0.706. The van der Waals surface area contributed by atoms with Crippen LogP contribution in [0.2, 0.25) is 0 Å². The maximum Gasteiger partial charge on any atom is 0.223 e. The summed E-state index contributed by atoms with van der Waals surface area (Å²) >= 11 is 0. The molecule has 0 bridgehead atoms. The first kappa shape index (κ1) is 17.1. The molecule has 7 heteroatoms. The minimum Gasteiger partial charge on any atom is -0.355 e. The molecule has 0 saturated carbocycles. The van der Waals surface area contributed by atoms with Crippen LogP contribution in [0.25, 0.3) is 0 Å². The van der Waals surface area contributed by atoms with E-state index in [1.165, 1.54) is 0 Å². The fourth-order valence-electron chi connectivity index (χ4n) is 3.52. The molecule has 1 amide bonds. The highest BCUT2D eigenvalue weighted by molar-refractivity contribution is 5.76. The van der Waals surface area contributed by atoms with Gasteiger partial charge in [-0.2, -0.15) is 5.10 Å². The lowest BCUT2D eigenvalue weighted by Crippen LogP contribution is -2.48. The smallest absolute Gasteiger partial charge is 0.223 e. The van der Waals surface area contributed by atoms with Crippen LogP contribution in [0.3, 0.4) is 0 Å². The number of nitrogens with zero attached hydrogens (tertiary/aromatic N) is 5. The van der Waals surface area contributed by atoms with Crippen LogP contribution in [0, 0.1) is 0 Å². The molecule has 0 spiro atoms. The van der Waals surface area contributed by atoms with Crippen molar-refractivity contribution in [3.05, 3.63) is 18.3 Å². The molecule has 7 nitrogen and oxygen atoms in total. The van der Waals surface area contributed by atoms with Gasteiger partial charge >= 0.3 is 0 Å². The number of anilines is 1. The van der Waals surface area contributed by atoms with Crippen molar-refractivity contribution < 1.29 is 4.79 Å². The quantitative estimate of drug-likeness (QED) is 0.831. The molecule has 0 aliphatic carbocycles. The van der Waals surface area contributed by atoms with Gasteiger partial charge in [-0.05, 0) is 32.0 Å².